The van der Waals surface area contributed by atoms with E-state index in [-0.39, 0.29) is 22.4 Å². The Morgan fingerprint density at radius 3 is 2.69 bits per heavy atom. The molecule has 1 atom stereocenters. The number of rotatable bonds is 7. The van der Waals surface area contributed by atoms with E-state index >= 15 is 0 Å². The Labute approximate surface area is 203 Å². The van der Waals surface area contributed by atoms with E-state index in [1.165, 1.54) is 16.4 Å². The molecule has 2 aromatic rings. The normalized spacial score (nSPS) is 17.2. The van der Waals surface area contributed by atoms with Crippen LogP contribution >= 0.6 is 27.5 Å². The van der Waals surface area contributed by atoms with Crippen LogP contribution in [0.15, 0.2) is 39.7 Å². The zero-order valence-corrected chi connectivity index (χ0v) is 21.6. The largest absolute Gasteiger partial charge is 0.492 e. The van der Waals surface area contributed by atoms with E-state index in [2.05, 4.69) is 21.2 Å². The van der Waals surface area contributed by atoms with Gasteiger partial charge >= 0.3 is 0 Å². The van der Waals surface area contributed by atoms with Crippen molar-refractivity contribution in [2.75, 3.05) is 25.0 Å². The van der Waals surface area contributed by atoms with Crippen molar-refractivity contribution in [2.24, 2.45) is 5.92 Å². The van der Waals surface area contributed by atoms with E-state index in [1.807, 2.05) is 32.9 Å². The number of nitrogens with zero attached hydrogens (tertiary/aromatic N) is 1. The number of aryl methyl sites for hydroxylation is 2. The molecule has 2 aromatic carbocycles. The minimum Gasteiger partial charge on any atom is -0.492 e. The summed E-state index contributed by atoms with van der Waals surface area (Å²) in [5, 5.41) is 3.30. The molecule has 9 heteroatoms. The maximum Gasteiger partial charge on any atom is 0.243 e. The number of sulfonamides is 1. The summed E-state index contributed by atoms with van der Waals surface area (Å²) in [5.74, 6) is -0.139. The van der Waals surface area contributed by atoms with Gasteiger partial charge in [0.2, 0.25) is 15.9 Å². The highest BCUT2D eigenvalue weighted by molar-refractivity contribution is 9.10. The highest BCUT2D eigenvalue weighted by Crippen LogP contribution is 2.32. The first-order chi connectivity index (χ1) is 15.2. The molecule has 0 saturated carbocycles. The van der Waals surface area contributed by atoms with E-state index in [1.54, 1.807) is 6.07 Å². The summed E-state index contributed by atoms with van der Waals surface area (Å²) < 4.78 is 34.2. The van der Waals surface area contributed by atoms with Gasteiger partial charge in [0.15, 0.2) is 0 Å². The van der Waals surface area contributed by atoms with Crippen LogP contribution in [-0.4, -0.2) is 38.3 Å². The molecule has 1 heterocycles. The Kier molecular flexibility index (Phi) is 8.25. The predicted molar refractivity (Wildman–Crippen MR) is 131 cm³/mol. The quantitative estimate of drug-likeness (QED) is 0.507. The van der Waals surface area contributed by atoms with Crippen molar-refractivity contribution in [2.45, 2.75) is 44.9 Å². The summed E-state index contributed by atoms with van der Waals surface area (Å²) in [6.07, 6.45) is 2.03. The number of ether oxygens (including phenoxy) is 1. The lowest BCUT2D eigenvalue weighted by molar-refractivity contribution is -0.120. The molecule has 32 heavy (non-hydrogen) atoms. The molecular formula is C23H28BrClN2O4S. The summed E-state index contributed by atoms with van der Waals surface area (Å²) in [4.78, 5) is 13.2. The molecule has 1 aliphatic heterocycles. The number of halogens is 2. The first-order valence-corrected chi connectivity index (χ1v) is 13.3. The minimum atomic E-state index is -3.78. The van der Waals surface area contributed by atoms with Crippen LogP contribution in [0.25, 0.3) is 0 Å². The topological polar surface area (TPSA) is 75.7 Å². The molecule has 0 aliphatic carbocycles. The van der Waals surface area contributed by atoms with E-state index in [0.29, 0.717) is 31.7 Å². The standard InChI is InChI=1S/C23H28BrClN2O4S/c1-4-16-12-18(24)11-15(3)22(16)26-23(28)17-7-6-10-27(14-17)32(29,30)19-8-9-21(31-5-2)20(25)13-19/h8-9,11-13,17H,4-7,10,14H2,1-3H3,(H,26,28)/t17-/m1/s1. The fourth-order valence-electron chi connectivity index (χ4n) is 3.93. The van der Waals surface area contributed by atoms with Crippen LogP contribution in [0.5, 0.6) is 5.75 Å². The first kappa shape index (κ1) is 25.0. The lowest BCUT2D eigenvalue weighted by Crippen LogP contribution is -2.43. The van der Waals surface area contributed by atoms with Gasteiger partial charge in [-0.25, -0.2) is 8.42 Å². The molecule has 1 amide bonds. The molecular weight excluding hydrogens is 516 g/mol. The Balaban J connectivity index is 1.78. The molecule has 0 spiro atoms. The number of piperidine rings is 1. The summed E-state index contributed by atoms with van der Waals surface area (Å²) >= 11 is 9.70. The lowest BCUT2D eigenvalue weighted by atomic mass is 9.98. The molecule has 3 rings (SSSR count). The SMILES string of the molecule is CCOc1ccc(S(=O)(=O)N2CCC[C@@H](C(=O)Nc3c(C)cc(Br)cc3CC)C2)cc1Cl. The Hall–Kier alpha value is -1.61. The molecule has 6 nitrogen and oxygen atoms in total. The number of benzene rings is 2. The number of hydrogen-bond donors (Lipinski definition) is 1. The third kappa shape index (κ3) is 5.47. The number of hydrogen-bond acceptors (Lipinski definition) is 4. The number of carbonyl (C=O) groups is 1. The zero-order valence-electron chi connectivity index (χ0n) is 18.5. The number of amides is 1. The lowest BCUT2D eigenvalue weighted by Gasteiger charge is -2.31. The third-order valence-electron chi connectivity index (χ3n) is 5.61. The van der Waals surface area contributed by atoms with Crippen LogP contribution < -0.4 is 10.1 Å². The van der Waals surface area contributed by atoms with Crippen molar-refractivity contribution in [1.82, 2.24) is 4.31 Å². The van der Waals surface area contributed by atoms with Gasteiger partial charge in [0, 0.05) is 23.2 Å². The van der Waals surface area contributed by atoms with Crippen molar-refractivity contribution in [3.05, 3.63) is 51.0 Å². The van der Waals surface area contributed by atoms with Crippen LogP contribution in [0.2, 0.25) is 5.02 Å². The molecule has 1 saturated heterocycles. The maximum absolute atomic E-state index is 13.2. The van der Waals surface area contributed by atoms with Gasteiger partial charge in [0.1, 0.15) is 5.75 Å². The van der Waals surface area contributed by atoms with Gasteiger partial charge in [-0.15, -0.1) is 0 Å². The Bertz CT molecular complexity index is 1110. The van der Waals surface area contributed by atoms with Crippen molar-refractivity contribution in [1.29, 1.82) is 0 Å². The fraction of sp³-hybridized carbons (Fsp3) is 0.435. The van der Waals surface area contributed by atoms with Gasteiger partial charge in [-0.1, -0.05) is 34.5 Å². The molecule has 174 valence electrons. The summed E-state index contributed by atoms with van der Waals surface area (Å²) in [6, 6.07) is 8.42. The second-order valence-electron chi connectivity index (χ2n) is 7.83. The first-order valence-electron chi connectivity index (χ1n) is 10.7. The minimum absolute atomic E-state index is 0.101. The molecule has 0 bridgehead atoms. The Morgan fingerprint density at radius 2 is 2.03 bits per heavy atom. The summed E-state index contributed by atoms with van der Waals surface area (Å²) in [5.41, 5.74) is 2.81. The van der Waals surface area contributed by atoms with E-state index in [9.17, 15) is 13.2 Å². The second kappa shape index (κ2) is 10.5. The maximum atomic E-state index is 13.2. The van der Waals surface area contributed by atoms with Gasteiger partial charge in [0.05, 0.1) is 22.4 Å². The van der Waals surface area contributed by atoms with Crippen molar-refractivity contribution < 1.29 is 17.9 Å². The van der Waals surface area contributed by atoms with Crippen LogP contribution in [-0.2, 0) is 21.2 Å². The molecule has 0 unspecified atom stereocenters. The van der Waals surface area contributed by atoms with Crippen molar-refractivity contribution in [3.8, 4) is 5.75 Å². The van der Waals surface area contributed by atoms with Crippen LogP contribution in [0.4, 0.5) is 5.69 Å². The van der Waals surface area contributed by atoms with Crippen molar-refractivity contribution >= 4 is 49.1 Å². The molecule has 0 aromatic heterocycles. The monoisotopic (exact) mass is 542 g/mol. The predicted octanol–water partition coefficient (Wildman–Crippen LogP) is 5.41. The van der Waals surface area contributed by atoms with E-state index < -0.39 is 15.9 Å². The van der Waals surface area contributed by atoms with Crippen LogP contribution in [0.3, 0.4) is 0 Å². The van der Waals surface area contributed by atoms with Gasteiger partial charge < -0.3 is 10.1 Å². The third-order valence-corrected chi connectivity index (χ3v) is 8.22. The zero-order chi connectivity index (χ0) is 23.5. The fourth-order valence-corrected chi connectivity index (χ4v) is 6.40. The van der Waals surface area contributed by atoms with Gasteiger partial charge in [0.25, 0.3) is 0 Å². The number of nitrogens with one attached hydrogen (secondary N) is 1. The number of carbonyl (C=O) groups excluding carboxylic acids is 1. The van der Waals surface area contributed by atoms with E-state index in [0.717, 1.165) is 27.7 Å². The smallest absolute Gasteiger partial charge is 0.243 e. The molecule has 1 aliphatic rings. The van der Waals surface area contributed by atoms with Crippen LogP contribution in [0.1, 0.15) is 37.8 Å². The molecule has 1 fully saturated rings. The van der Waals surface area contributed by atoms with Gasteiger partial charge in [-0.2, -0.15) is 4.31 Å². The van der Waals surface area contributed by atoms with Gasteiger partial charge in [-0.3, -0.25) is 4.79 Å². The average molecular weight is 544 g/mol. The van der Waals surface area contributed by atoms with Crippen LogP contribution in [0, 0.1) is 12.8 Å². The van der Waals surface area contributed by atoms with E-state index in [4.69, 9.17) is 16.3 Å². The summed E-state index contributed by atoms with van der Waals surface area (Å²) in [6.45, 7) is 6.76. The average Bonchev–Trinajstić information content (AvgIpc) is 2.76. The van der Waals surface area contributed by atoms with Gasteiger partial charge in [-0.05, 0) is 74.6 Å². The summed E-state index contributed by atoms with van der Waals surface area (Å²) in [7, 11) is -3.78. The molecule has 1 N–H and O–H groups in total. The number of anilines is 1. The highest BCUT2D eigenvalue weighted by atomic mass is 79.9. The highest BCUT2D eigenvalue weighted by Gasteiger charge is 2.34. The molecule has 0 radical (unpaired) electrons. The Morgan fingerprint density at radius 1 is 1.28 bits per heavy atom. The second-order valence-corrected chi connectivity index (χ2v) is 11.1. The van der Waals surface area contributed by atoms with Crippen molar-refractivity contribution in [3.63, 3.8) is 0 Å².